The van der Waals surface area contributed by atoms with Crippen LogP contribution >= 0.6 is 34.8 Å². The number of carbonyl (C=O) groups is 1. The molecule has 0 N–H and O–H groups in total. The second-order valence-corrected chi connectivity index (χ2v) is 5.06. The number of hydrogen-bond acceptors (Lipinski definition) is 2. The third-order valence-electron chi connectivity index (χ3n) is 1.61. The Morgan fingerprint density at radius 2 is 2.00 bits per heavy atom. The predicted octanol–water partition coefficient (Wildman–Crippen LogP) is 3.65. The number of rotatable bonds is 5. The number of ether oxygens (including phenoxy) is 1. The highest BCUT2D eigenvalue weighted by Crippen LogP contribution is 2.28. The second kappa shape index (κ2) is 6.54. The van der Waals surface area contributed by atoms with E-state index in [0.717, 1.165) is 12.8 Å². The smallest absolute Gasteiger partial charge is 0.252 e. The van der Waals surface area contributed by atoms with Gasteiger partial charge in [-0.2, -0.15) is 0 Å². The molecule has 0 aromatic heterocycles. The first kappa shape index (κ1) is 14.1. The number of allylic oxidation sites excluding steroid dienone is 2. The Balaban J connectivity index is 4.36. The first-order chi connectivity index (χ1) is 6.41. The van der Waals surface area contributed by atoms with Crippen molar-refractivity contribution in [3.8, 4) is 0 Å². The van der Waals surface area contributed by atoms with Crippen LogP contribution in [0.15, 0.2) is 11.8 Å². The van der Waals surface area contributed by atoms with Crippen molar-refractivity contribution in [1.29, 1.82) is 0 Å². The molecule has 0 atom stereocenters. The van der Waals surface area contributed by atoms with E-state index in [1.54, 1.807) is 0 Å². The molecule has 14 heavy (non-hydrogen) atoms. The molecule has 0 spiro atoms. The zero-order chi connectivity index (χ0) is 11.2. The van der Waals surface area contributed by atoms with Gasteiger partial charge in [-0.25, -0.2) is 0 Å². The first-order valence-electron chi connectivity index (χ1n) is 4.27. The summed E-state index contributed by atoms with van der Waals surface area (Å²) in [7, 11) is 1.49. The summed E-state index contributed by atoms with van der Waals surface area (Å²) < 4.78 is 3.09. The van der Waals surface area contributed by atoms with Crippen LogP contribution in [0.3, 0.4) is 0 Å². The molecule has 82 valence electrons. The van der Waals surface area contributed by atoms with Gasteiger partial charge < -0.3 is 4.74 Å². The summed E-state index contributed by atoms with van der Waals surface area (Å²) in [5.74, 6) is -0.0290. The number of alkyl halides is 3. The molecule has 0 unspecified atom stereocenters. The zero-order valence-electron chi connectivity index (χ0n) is 8.15. The Kier molecular flexibility index (Phi) is 6.58. The summed E-state index contributed by atoms with van der Waals surface area (Å²) in [5, 5.41) is 0. The molecule has 0 aliphatic rings. The van der Waals surface area contributed by atoms with Crippen molar-refractivity contribution >= 4 is 40.6 Å². The Morgan fingerprint density at radius 3 is 2.36 bits per heavy atom. The van der Waals surface area contributed by atoms with Crippen molar-refractivity contribution in [2.75, 3.05) is 7.11 Å². The molecule has 0 fully saturated rings. The van der Waals surface area contributed by atoms with Gasteiger partial charge in [-0.1, -0.05) is 48.1 Å². The van der Waals surface area contributed by atoms with E-state index in [-0.39, 0.29) is 0 Å². The van der Waals surface area contributed by atoms with E-state index in [2.05, 4.69) is 0 Å². The monoisotopic (exact) mass is 258 g/mol. The van der Waals surface area contributed by atoms with Gasteiger partial charge in [-0.05, 0) is 6.42 Å². The molecular weight excluding hydrogens is 246 g/mol. The van der Waals surface area contributed by atoms with Crippen LogP contribution in [0.25, 0.3) is 0 Å². The van der Waals surface area contributed by atoms with E-state index in [4.69, 9.17) is 39.5 Å². The van der Waals surface area contributed by atoms with Crippen molar-refractivity contribution < 1.29 is 9.53 Å². The van der Waals surface area contributed by atoms with E-state index >= 15 is 0 Å². The average Bonchev–Trinajstić information content (AvgIpc) is 2.10. The SMILES string of the molecule is CCCC/C(=C\C(=O)C(Cl)(Cl)Cl)OC. The molecule has 0 heterocycles. The summed E-state index contributed by atoms with van der Waals surface area (Å²) in [6, 6.07) is 0. The van der Waals surface area contributed by atoms with Crippen molar-refractivity contribution in [1.82, 2.24) is 0 Å². The van der Waals surface area contributed by atoms with E-state index in [1.165, 1.54) is 13.2 Å². The molecule has 2 nitrogen and oxygen atoms in total. The van der Waals surface area contributed by atoms with Gasteiger partial charge in [-0.3, -0.25) is 4.79 Å². The average molecular weight is 260 g/mol. The first-order valence-corrected chi connectivity index (χ1v) is 5.41. The highest BCUT2D eigenvalue weighted by atomic mass is 35.6. The maximum Gasteiger partial charge on any atom is 0.252 e. The largest absolute Gasteiger partial charge is 0.501 e. The van der Waals surface area contributed by atoms with Gasteiger partial charge >= 0.3 is 0 Å². The number of unbranched alkanes of at least 4 members (excludes halogenated alkanes) is 1. The molecule has 0 aliphatic carbocycles. The molecule has 0 saturated heterocycles. The zero-order valence-corrected chi connectivity index (χ0v) is 10.4. The van der Waals surface area contributed by atoms with Crippen molar-refractivity contribution in [3.05, 3.63) is 11.8 Å². The van der Waals surface area contributed by atoms with Crippen LogP contribution in [0.2, 0.25) is 0 Å². The van der Waals surface area contributed by atoms with E-state index in [9.17, 15) is 4.79 Å². The van der Waals surface area contributed by atoms with Crippen molar-refractivity contribution in [2.24, 2.45) is 0 Å². The van der Waals surface area contributed by atoms with Gasteiger partial charge in [0.15, 0.2) is 0 Å². The van der Waals surface area contributed by atoms with Crippen LogP contribution in [0.4, 0.5) is 0 Å². The molecule has 0 rings (SSSR count). The Hall–Kier alpha value is 0.0800. The molecule has 0 aromatic rings. The van der Waals surface area contributed by atoms with Gasteiger partial charge in [0.25, 0.3) is 3.79 Å². The van der Waals surface area contributed by atoms with Crippen LogP contribution < -0.4 is 0 Å². The lowest BCUT2D eigenvalue weighted by Crippen LogP contribution is -2.16. The van der Waals surface area contributed by atoms with E-state index in [0.29, 0.717) is 12.2 Å². The fraction of sp³-hybridized carbons (Fsp3) is 0.667. The van der Waals surface area contributed by atoms with Gasteiger partial charge in [0.1, 0.15) is 0 Å². The normalized spacial score (nSPS) is 12.8. The van der Waals surface area contributed by atoms with Gasteiger partial charge in [-0.15, -0.1) is 0 Å². The maximum absolute atomic E-state index is 11.2. The molecular formula is C9H13Cl3O2. The second-order valence-electron chi connectivity index (χ2n) is 2.78. The number of ketones is 1. The molecule has 0 radical (unpaired) electrons. The van der Waals surface area contributed by atoms with Crippen molar-refractivity contribution in [3.63, 3.8) is 0 Å². The summed E-state index contributed by atoms with van der Waals surface area (Å²) in [6.45, 7) is 2.05. The molecule has 0 aliphatic heterocycles. The quantitative estimate of drug-likeness (QED) is 0.428. The lowest BCUT2D eigenvalue weighted by atomic mass is 10.2. The number of halogens is 3. The fourth-order valence-electron chi connectivity index (χ4n) is 0.812. The highest BCUT2D eigenvalue weighted by Gasteiger charge is 2.28. The Bertz CT molecular complexity index is 219. The third kappa shape index (κ3) is 5.74. The predicted molar refractivity (Wildman–Crippen MR) is 59.9 cm³/mol. The highest BCUT2D eigenvalue weighted by molar-refractivity contribution is 6.77. The number of carbonyl (C=O) groups excluding carboxylic acids is 1. The van der Waals surface area contributed by atoms with Crippen LogP contribution in [0.5, 0.6) is 0 Å². The van der Waals surface area contributed by atoms with Gasteiger partial charge in [0.2, 0.25) is 5.78 Å². The molecule has 0 bridgehead atoms. The van der Waals surface area contributed by atoms with Crippen LogP contribution in [0, 0.1) is 0 Å². The summed E-state index contributed by atoms with van der Waals surface area (Å²) in [4.78, 5) is 11.2. The molecule has 5 heteroatoms. The minimum absolute atomic E-state index is 0.545. The summed E-state index contributed by atoms with van der Waals surface area (Å²) in [6.07, 6.45) is 3.87. The Labute approximate surface area is 99.2 Å². The van der Waals surface area contributed by atoms with Crippen LogP contribution in [-0.4, -0.2) is 16.7 Å². The topological polar surface area (TPSA) is 26.3 Å². The van der Waals surface area contributed by atoms with Gasteiger partial charge in [0, 0.05) is 12.5 Å². The molecule has 0 amide bonds. The fourth-order valence-corrected chi connectivity index (χ4v) is 0.976. The van der Waals surface area contributed by atoms with Crippen LogP contribution in [-0.2, 0) is 9.53 Å². The standard InChI is InChI=1S/C9H13Cl3O2/c1-3-4-5-7(14-2)6-8(13)9(10,11)12/h6H,3-5H2,1-2H3/b7-6+. The van der Waals surface area contributed by atoms with Crippen LogP contribution in [0.1, 0.15) is 26.2 Å². The van der Waals surface area contributed by atoms with Gasteiger partial charge in [0.05, 0.1) is 12.9 Å². The number of methoxy groups -OCH3 is 1. The number of hydrogen-bond donors (Lipinski definition) is 0. The summed E-state index contributed by atoms with van der Waals surface area (Å²) in [5.41, 5.74) is 0. The van der Waals surface area contributed by atoms with Crippen molar-refractivity contribution in [2.45, 2.75) is 30.0 Å². The Morgan fingerprint density at radius 1 is 1.43 bits per heavy atom. The maximum atomic E-state index is 11.2. The molecule has 0 saturated carbocycles. The minimum Gasteiger partial charge on any atom is -0.501 e. The lowest BCUT2D eigenvalue weighted by Gasteiger charge is -2.08. The van der Waals surface area contributed by atoms with E-state index < -0.39 is 9.58 Å². The van der Waals surface area contributed by atoms with E-state index in [1.807, 2.05) is 6.92 Å². The molecule has 0 aromatic carbocycles. The minimum atomic E-state index is -1.89. The third-order valence-corrected chi connectivity index (χ3v) is 2.17. The lowest BCUT2D eigenvalue weighted by molar-refractivity contribution is -0.114. The summed E-state index contributed by atoms with van der Waals surface area (Å²) >= 11 is 16.2.